The third-order valence-corrected chi connectivity index (χ3v) is 4.23. The fourth-order valence-electron chi connectivity index (χ4n) is 2.89. The molecule has 0 radical (unpaired) electrons. The quantitative estimate of drug-likeness (QED) is 0.286. The number of benzene rings is 2. The van der Waals surface area contributed by atoms with Crippen LogP contribution in [0.25, 0.3) is 34.0 Å². The minimum Gasteiger partial charge on any atom is -0.457 e. The van der Waals surface area contributed by atoms with Crippen LogP contribution in [0.1, 0.15) is 22.6 Å². The summed E-state index contributed by atoms with van der Waals surface area (Å²) in [6, 6.07) is 15.0. The molecule has 0 fully saturated rings. The second kappa shape index (κ2) is 5.93. The number of hydrogen-bond acceptors (Lipinski definition) is 3. The van der Waals surface area contributed by atoms with E-state index in [4.69, 9.17) is 26.7 Å². The Kier molecular flexibility index (Phi) is 3.58. The summed E-state index contributed by atoms with van der Waals surface area (Å²) in [5.74, 6) is 0.782. The van der Waals surface area contributed by atoms with Crippen LogP contribution >= 0.6 is 0 Å². The van der Waals surface area contributed by atoms with E-state index in [1.807, 2.05) is 48.6 Å². The highest BCUT2D eigenvalue weighted by Crippen LogP contribution is 2.23. The smallest absolute Gasteiger partial charge is 0.135 e. The summed E-state index contributed by atoms with van der Waals surface area (Å²) < 4.78 is 5.81. The van der Waals surface area contributed by atoms with Gasteiger partial charge in [-0.25, -0.2) is 0 Å². The summed E-state index contributed by atoms with van der Waals surface area (Å²) >= 11 is 0. The van der Waals surface area contributed by atoms with Gasteiger partial charge in [-0.05, 0) is 48.6 Å². The molecular formula is C20H17N5O. The molecule has 7 N–H and O–H groups in total. The molecule has 2 heterocycles. The van der Waals surface area contributed by atoms with E-state index in [-0.39, 0.29) is 11.7 Å². The number of hydrogen-bond donors (Lipinski definition) is 5. The first-order valence-corrected chi connectivity index (χ1v) is 8.03. The lowest BCUT2D eigenvalue weighted by atomic mass is 10.1. The summed E-state index contributed by atoms with van der Waals surface area (Å²) in [6.07, 6.45) is 3.81. The van der Waals surface area contributed by atoms with E-state index >= 15 is 0 Å². The number of amidine groups is 2. The Balaban J connectivity index is 1.65. The average molecular weight is 343 g/mol. The molecule has 4 rings (SSSR count). The number of furan rings is 1. The Morgan fingerprint density at radius 1 is 0.846 bits per heavy atom. The van der Waals surface area contributed by atoms with E-state index in [1.54, 1.807) is 12.1 Å². The van der Waals surface area contributed by atoms with E-state index in [0.29, 0.717) is 22.5 Å². The van der Waals surface area contributed by atoms with Crippen molar-refractivity contribution in [2.75, 3.05) is 0 Å². The molecule has 0 amide bonds. The number of nitrogen functional groups attached to an aromatic ring is 2. The Hall–Kier alpha value is -3.80. The average Bonchev–Trinajstić information content (AvgIpc) is 3.21. The molecule has 128 valence electrons. The number of rotatable bonds is 4. The van der Waals surface area contributed by atoms with E-state index in [0.717, 1.165) is 22.0 Å². The summed E-state index contributed by atoms with van der Waals surface area (Å²) in [7, 11) is 0. The van der Waals surface area contributed by atoms with Gasteiger partial charge in [-0.2, -0.15) is 0 Å². The lowest BCUT2D eigenvalue weighted by molar-refractivity contribution is 0.604. The zero-order valence-electron chi connectivity index (χ0n) is 13.8. The Morgan fingerprint density at radius 3 is 2.35 bits per heavy atom. The van der Waals surface area contributed by atoms with Crippen molar-refractivity contribution in [3.8, 4) is 0 Å². The van der Waals surface area contributed by atoms with Gasteiger partial charge in [0.05, 0.1) is 0 Å². The molecule has 0 aliphatic heterocycles. The van der Waals surface area contributed by atoms with Crippen molar-refractivity contribution in [3.05, 3.63) is 71.1 Å². The van der Waals surface area contributed by atoms with Crippen molar-refractivity contribution in [2.45, 2.75) is 0 Å². The molecule has 0 atom stereocenters. The maximum atomic E-state index is 7.53. The second-order valence-electron chi connectivity index (χ2n) is 6.09. The molecule has 0 aliphatic carbocycles. The van der Waals surface area contributed by atoms with E-state index < -0.39 is 0 Å². The van der Waals surface area contributed by atoms with Crippen LogP contribution in [-0.4, -0.2) is 16.7 Å². The van der Waals surface area contributed by atoms with E-state index in [2.05, 4.69) is 4.98 Å². The van der Waals surface area contributed by atoms with Crippen LogP contribution in [-0.2, 0) is 0 Å². The zero-order chi connectivity index (χ0) is 18.3. The predicted molar refractivity (Wildman–Crippen MR) is 105 cm³/mol. The molecule has 2 aromatic heterocycles. The van der Waals surface area contributed by atoms with Crippen molar-refractivity contribution < 1.29 is 4.42 Å². The van der Waals surface area contributed by atoms with Gasteiger partial charge in [0.25, 0.3) is 0 Å². The maximum absolute atomic E-state index is 7.53. The molecule has 0 saturated heterocycles. The molecule has 4 aromatic rings. The van der Waals surface area contributed by atoms with E-state index in [1.165, 1.54) is 0 Å². The summed E-state index contributed by atoms with van der Waals surface area (Å²) in [5.41, 5.74) is 15.0. The number of nitrogens with two attached hydrogens (primary N) is 2. The number of nitrogens with one attached hydrogen (secondary N) is 3. The first-order valence-electron chi connectivity index (χ1n) is 8.03. The Bertz CT molecular complexity index is 1100. The number of fused-ring (bicyclic) bond motifs is 2. The summed E-state index contributed by atoms with van der Waals surface area (Å²) in [4.78, 5) is 3.31. The summed E-state index contributed by atoms with van der Waals surface area (Å²) in [6.45, 7) is 0. The Morgan fingerprint density at radius 2 is 1.58 bits per heavy atom. The molecule has 2 aromatic carbocycles. The van der Waals surface area contributed by atoms with Gasteiger partial charge in [-0.1, -0.05) is 12.1 Å². The summed E-state index contributed by atoms with van der Waals surface area (Å²) in [5, 5.41) is 17.0. The van der Waals surface area contributed by atoms with Crippen LogP contribution in [0.15, 0.2) is 52.9 Å². The van der Waals surface area contributed by atoms with Gasteiger partial charge in [-0.3, -0.25) is 10.8 Å². The van der Waals surface area contributed by atoms with E-state index in [9.17, 15) is 0 Å². The predicted octanol–water partition coefficient (Wildman–Crippen LogP) is 3.65. The van der Waals surface area contributed by atoms with Gasteiger partial charge < -0.3 is 20.9 Å². The van der Waals surface area contributed by atoms with Crippen molar-refractivity contribution in [1.29, 1.82) is 10.8 Å². The third-order valence-electron chi connectivity index (χ3n) is 4.23. The molecular weight excluding hydrogens is 326 g/mol. The Labute approximate surface area is 149 Å². The molecule has 0 bridgehead atoms. The second-order valence-corrected chi connectivity index (χ2v) is 6.09. The largest absolute Gasteiger partial charge is 0.457 e. The molecule has 0 saturated carbocycles. The number of aromatic nitrogens is 1. The van der Waals surface area contributed by atoms with Gasteiger partial charge in [-0.15, -0.1) is 0 Å². The van der Waals surface area contributed by atoms with Crippen LogP contribution in [0.5, 0.6) is 0 Å². The molecule has 0 spiro atoms. The fourth-order valence-corrected chi connectivity index (χ4v) is 2.89. The minimum atomic E-state index is 0.0170. The highest BCUT2D eigenvalue weighted by molar-refractivity contribution is 5.99. The van der Waals surface area contributed by atoms with Crippen molar-refractivity contribution in [3.63, 3.8) is 0 Å². The van der Waals surface area contributed by atoms with Crippen molar-refractivity contribution >= 4 is 45.7 Å². The monoisotopic (exact) mass is 343 g/mol. The van der Waals surface area contributed by atoms with Crippen molar-refractivity contribution in [1.82, 2.24) is 4.98 Å². The number of aromatic amines is 1. The normalized spacial score (nSPS) is 11.5. The van der Waals surface area contributed by atoms with Gasteiger partial charge >= 0.3 is 0 Å². The van der Waals surface area contributed by atoms with Crippen LogP contribution < -0.4 is 11.5 Å². The molecule has 0 aliphatic rings. The number of H-pyrrole nitrogens is 1. The maximum Gasteiger partial charge on any atom is 0.135 e. The topological polar surface area (TPSA) is 129 Å². The van der Waals surface area contributed by atoms with Crippen LogP contribution in [0, 0.1) is 10.8 Å². The highest BCUT2D eigenvalue weighted by Gasteiger charge is 2.05. The first-order chi connectivity index (χ1) is 12.5. The van der Waals surface area contributed by atoms with Gasteiger partial charge in [0, 0.05) is 33.1 Å². The zero-order valence-corrected chi connectivity index (χ0v) is 13.8. The van der Waals surface area contributed by atoms with Crippen LogP contribution in [0.4, 0.5) is 0 Å². The fraction of sp³-hybridized carbons (Fsp3) is 0. The molecule has 0 unspecified atom stereocenters. The minimum absolute atomic E-state index is 0.0170. The molecule has 6 heteroatoms. The molecule has 6 nitrogen and oxygen atoms in total. The lowest BCUT2D eigenvalue weighted by Crippen LogP contribution is -2.10. The highest BCUT2D eigenvalue weighted by atomic mass is 16.3. The van der Waals surface area contributed by atoms with Crippen LogP contribution in [0.2, 0.25) is 0 Å². The first kappa shape index (κ1) is 15.7. The lowest BCUT2D eigenvalue weighted by Gasteiger charge is -1.96. The van der Waals surface area contributed by atoms with Crippen molar-refractivity contribution in [2.24, 2.45) is 11.5 Å². The SMILES string of the molecule is N=C(N)c1ccc2[nH]c(C=Cc3cc4ccc(C(=N)N)cc4o3)cc2c1. The van der Waals surface area contributed by atoms with Crippen LogP contribution in [0.3, 0.4) is 0 Å². The molecule has 26 heavy (non-hydrogen) atoms. The van der Waals surface area contributed by atoms with Gasteiger partial charge in [0.1, 0.15) is 23.0 Å². The third kappa shape index (κ3) is 2.84. The van der Waals surface area contributed by atoms with Gasteiger partial charge in [0.2, 0.25) is 0 Å². The van der Waals surface area contributed by atoms with Gasteiger partial charge in [0.15, 0.2) is 0 Å². The standard InChI is InChI=1S/C20H17N5O/c21-19(22)12-3-6-17-14(7-12)8-15(25-17)4-5-16-9-11-1-2-13(20(23)24)10-18(11)26-16/h1-10,25H,(H3,21,22)(H3,23,24).